The van der Waals surface area contributed by atoms with Gasteiger partial charge in [-0.3, -0.25) is 14.4 Å². The minimum atomic E-state index is -1.23. The second-order valence-electron chi connectivity index (χ2n) is 9.22. The number of rotatable bonds is 8. The quantitative estimate of drug-likeness (QED) is 0.273. The van der Waals surface area contributed by atoms with Crippen molar-refractivity contribution in [3.8, 4) is 17.1 Å². The Balaban J connectivity index is 1.19. The van der Waals surface area contributed by atoms with Gasteiger partial charge in [0.05, 0.1) is 22.9 Å². The van der Waals surface area contributed by atoms with E-state index in [2.05, 4.69) is 15.3 Å². The Morgan fingerprint density at radius 3 is 2.67 bits per heavy atom. The standard InChI is InChI=1S/C28H22N4O6S2/c33-21(12-16-6-5-11-39-16)30-22-26(35)32-23(28(36)37)15(14-40-27(22)32)13-38-20-10-4-2-8-18(20)24-29-19-9-3-1-7-17(19)25(34)31-24/h1-11,14,22-23,27H,12-13H2,(H,30,33)(H,36,37)(H,29,31,34). The number of carbonyl (C=O) groups is 3. The molecule has 4 heterocycles. The lowest BCUT2D eigenvalue weighted by Gasteiger charge is -2.51. The third kappa shape index (κ3) is 4.75. The van der Waals surface area contributed by atoms with Crippen molar-refractivity contribution < 1.29 is 24.2 Å². The van der Waals surface area contributed by atoms with Gasteiger partial charge in [-0.1, -0.05) is 30.3 Å². The number of thiophene rings is 1. The van der Waals surface area contributed by atoms with Crippen LogP contribution in [0.25, 0.3) is 22.3 Å². The summed E-state index contributed by atoms with van der Waals surface area (Å²) in [5.74, 6) is -1.21. The van der Waals surface area contributed by atoms with Crippen molar-refractivity contribution in [2.45, 2.75) is 23.9 Å². The third-order valence-electron chi connectivity index (χ3n) is 6.68. The van der Waals surface area contributed by atoms with Gasteiger partial charge in [-0.15, -0.1) is 23.1 Å². The molecule has 12 heteroatoms. The Morgan fingerprint density at radius 1 is 1.07 bits per heavy atom. The molecule has 2 aliphatic heterocycles. The molecule has 3 atom stereocenters. The highest BCUT2D eigenvalue weighted by Gasteiger charge is 2.55. The van der Waals surface area contributed by atoms with Crippen LogP contribution in [0.2, 0.25) is 0 Å². The van der Waals surface area contributed by atoms with Gasteiger partial charge in [0.25, 0.3) is 5.56 Å². The lowest BCUT2D eigenvalue weighted by molar-refractivity contribution is -0.160. The van der Waals surface area contributed by atoms with Crippen molar-refractivity contribution >= 4 is 51.8 Å². The molecule has 40 heavy (non-hydrogen) atoms. The average molecular weight is 575 g/mol. The number of amides is 2. The number of carbonyl (C=O) groups excluding carboxylic acids is 2. The molecule has 10 nitrogen and oxygen atoms in total. The second kappa shape index (κ2) is 10.6. The fraction of sp³-hybridized carbons (Fsp3) is 0.179. The molecule has 2 amide bonds. The summed E-state index contributed by atoms with van der Waals surface area (Å²) in [5.41, 5.74) is 1.17. The zero-order chi connectivity index (χ0) is 27.8. The van der Waals surface area contributed by atoms with Gasteiger partial charge >= 0.3 is 5.97 Å². The molecular formula is C28H22N4O6S2. The van der Waals surface area contributed by atoms with Crippen LogP contribution >= 0.6 is 23.1 Å². The van der Waals surface area contributed by atoms with Crippen molar-refractivity contribution in [1.29, 1.82) is 0 Å². The van der Waals surface area contributed by atoms with E-state index in [9.17, 15) is 24.3 Å². The number of H-pyrrole nitrogens is 1. The number of hydrogen-bond acceptors (Lipinski definition) is 8. The van der Waals surface area contributed by atoms with Gasteiger partial charge in [0.1, 0.15) is 29.6 Å². The van der Waals surface area contributed by atoms with E-state index in [1.165, 1.54) is 28.0 Å². The predicted octanol–water partition coefficient (Wildman–Crippen LogP) is 3.01. The Bertz CT molecular complexity index is 1720. The molecule has 0 radical (unpaired) electrons. The number of ether oxygens (including phenoxy) is 1. The summed E-state index contributed by atoms with van der Waals surface area (Å²) in [4.78, 5) is 59.8. The van der Waals surface area contributed by atoms with Gasteiger partial charge in [-0.2, -0.15) is 0 Å². The SMILES string of the molecule is O=C(Cc1cccs1)NC1C(=O)N2C(C(=O)O)C(COc3ccccc3-c3nc4ccccc4c(=O)[nH]3)=CSC12. The number of β-lactam (4-membered cyclic amide) rings is 1. The highest BCUT2D eigenvalue weighted by atomic mass is 32.2. The van der Waals surface area contributed by atoms with Crippen LogP contribution in [-0.4, -0.2) is 61.8 Å². The zero-order valence-corrected chi connectivity index (χ0v) is 22.4. The number of benzene rings is 2. The normalized spacial score (nSPS) is 19.9. The number of fused-ring (bicyclic) bond motifs is 2. The first-order valence-corrected chi connectivity index (χ1v) is 14.2. The summed E-state index contributed by atoms with van der Waals surface area (Å²) in [6.45, 7) is -0.106. The molecule has 3 N–H and O–H groups in total. The van der Waals surface area contributed by atoms with E-state index < -0.39 is 29.3 Å². The van der Waals surface area contributed by atoms with E-state index in [1.807, 2.05) is 17.5 Å². The van der Waals surface area contributed by atoms with E-state index in [1.54, 1.807) is 53.9 Å². The highest BCUT2D eigenvalue weighted by Crippen LogP contribution is 2.40. The summed E-state index contributed by atoms with van der Waals surface area (Å²) in [7, 11) is 0. The Hall–Kier alpha value is -4.42. The number of para-hydroxylation sites is 2. The lowest BCUT2D eigenvalue weighted by Crippen LogP contribution is -2.74. The van der Waals surface area contributed by atoms with Crippen molar-refractivity contribution in [1.82, 2.24) is 20.2 Å². The number of carboxylic acids is 1. The molecule has 0 saturated carbocycles. The largest absolute Gasteiger partial charge is 0.488 e. The first-order chi connectivity index (χ1) is 19.4. The smallest absolute Gasteiger partial charge is 0.330 e. The molecule has 2 aliphatic rings. The summed E-state index contributed by atoms with van der Waals surface area (Å²) in [6, 6.07) is 15.7. The molecule has 4 aromatic rings. The molecule has 3 unspecified atom stereocenters. The molecule has 0 aliphatic carbocycles. The van der Waals surface area contributed by atoms with Gasteiger partial charge in [0.2, 0.25) is 11.8 Å². The van der Waals surface area contributed by atoms with E-state index in [4.69, 9.17) is 4.74 Å². The first kappa shape index (κ1) is 25.8. The van der Waals surface area contributed by atoms with Gasteiger partial charge < -0.3 is 25.0 Å². The monoisotopic (exact) mass is 574 g/mol. The first-order valence-electron chi connectivity index (χ1n) is 12.3. The number of nitrogens with zero attached hydrogens (tertiary/aromatic N) is 2. The molecule has 2 aromatic heterocycles. The van der Waals surface area contributed by atoms with Crippen LogP contribution in [0.1, 0.15) is 4.88 Å². The molecule has 1 fully saturated rings. The van der Waals surface area contributed by atoms with Crippen molar-refractivity contribution in [3.63, 3.8) is 0 Å². The Morgan fingerprint density at radius 2 is 1.88 bits per heavy atom. The number of hydrogen-bond donors (Lipinski definition) is 3. The van der Waals surface area contributed by atoms with Gasteiger partial charge in [-0.25, -0.2) is 9.78 Å². The Kier molecular flexibility index (Phi) is 6.86. The maximum Gasteiger partial charge on any atom is 0.330 e. The Labute approximate surface area is 235 Å². The fourth-order valence-electron chi connectivity index (χ4n) is 4.79. The summed E-state index contributed by atoms with van der Waals surface area (Å²) < 4.78 is 6.04. The van der Waals surface area contributed by atoms with Crippen LogP contribution in [0.5, 0.6) is 5.75 Å². The van der Waals surface area contributed by atoms with Crippen LogP contribution in [-0.2, 0) is 20.8 Å². The van der Waals surface area contributed by atoms with Crippen LogP contribution in [0, 0.1) is 0 Å². The molecule has 2 aromatic carbocycles. The zero-order valence-electron chi connectivity index (χ0n) is 20.8. The molecule has 1 saturated heterocycles. The number of carboxylic acid groups (broad SMARTS) is 1. The van der Waals surface area contributed by atoms with E-state index >= 15 is 0 Å². The lowest BCUT2D eigenvalue weighted by atomic mass is 9.98. The van der Waals surface area contributed by atoms with Gasteiger partial charge in [0.15, 0.2) is 6.04 Å². The molecule has 202 valence electrons. The van der Waals surface area contributed by atoms with E-state index in [0.717, 1.165) is 4.88 Å². The summed E-state index contributed by atoms with van der Waals surface area (Å²) in [6.07, 6.45) is 0.160. The molecular weight excluding hydrogens is 552 g/mol. The van der Waals surface area contributed by atoms with Crippen molar-refractivity contribution in [2.75, 3.05) is 6.61 Å². The van der Waals surface area contributed by atoms with E-state index in [0.29, 0.717) is 33.6 Å². The molecule has 6 rings (SSSR count). The minimum absolute atomic E-state index is 0.106. The van der Waals surface area contributed by atoms with E-state index in [-0.39, 0.29) is 24.5 Å². The van der Waals surface area contributed by atoms with Gasteiger partial charge in [-0.05, 0) is 41.1 Å². The highest BCUT2D eigenvalue weighted by molar-refractivity contribution is 8.03. The number of aromatic amines is 1. The fourth-order valence-corrected chi connectivity index (χ4v) is 6.70. The number of thioether (sulfide) groups is 1. The maximum atomic E-state index is 13.0. The second-order valence-corrected chi connectivity index (χ2v) is 11.2. The predicted molar refractivity (Wildman–Crippen MR) is 151 cm³/mol. The van der Waals surface area contributed by atoms with Gasteiger partial charge in [0, 0.05) is 10.5 Å². The van der Waals surface area contributed by atoms with Crippen LogP contribution in [0.3, 0.4) is 0 Å². The topological polar surface area (TPSA) is 142 Å². The van der Waals surface area contributed by atoms with Crippen LogP contribution in [0.4, 0.5) is 0 Å². The minimum Gasteiger partial charge on any atom is -0.488 e. The number of aliphatic carboxylic acids is 1. The summed E-state index contributed by atoms with van der Waals surface area (Å²) >= 11 is 2.72. The maximum absolute atomic E-state index is 13.0. The number of nitrogens with one attached hydrogen (secondary N) is 2. The van der Waals surface area contributed by atoms with Crippen LogP contribution < -0.4 is 15.6 Å². The van der Waals surface area contributed by atoms with Crippen molar-refractivity contribution in [2.24, 2.45) is 0 Å². The third-order valence-corrected chi connectivity index (χ3v) is 8.78. The molecule has 0 bridgehead atoms. The summed E-state index contributed by atoms with van der Waals surface area (Å²) in [5, 5.41) is 16.3. The average Bonchev–Trinajstić information content (AvgIpc) is 3.47. The number of aromatic nitrogens is 2. The van der Waals surface area contributed by atoms with Crippen molar-refractivity contribution in [3.05, 3.63) is 92.3 Å². The molecule has 0 spiro atoms. The van der Waals surface area contributed by atoms with Crippen LogP contribution in [0.15, 0.2) is 81.8 Å².